The molecule has 4 aromatic carbocycles. The topological polar surface area (TPSA) is 173 Å². The molecule has 318 valence electrons. The van der Waals surface area contributed by atoms with Gasteiger partial charge >= 0.3 is 18.2 Å². The molecule has 0 bridgehead atoms. The molecule has 5 aromatic rings. The molecule has 0 aliphatic carbocycles. The van der Waals surface area contributed by atoms with E-state index < -0.39 is 34.9 Å². The number of oxime groups is 1. The molecule has 3 N–H and O–H groups in total. The van der Waals surface area contributed by atoms with E-state index in [-0.39, 0.29) is 30.6 Å². The van der Waals surface area contributed by atoms with Crippen molar-refractivity contribution in [2.45, 2.75) is 71.2 Å². The van der Waals surface area contributed by atoms with Crippen LogP contribution in [0.5, 0.6) is 5.75 Å². The molecule has 0 radical (unpaired) electrons. The number of anilines is 1. The normalized spacial score (nSPS) is 13.4. The van der Waals surface area contributed by atoms with Crippen LogP contribution in [0.3, 0.4) is 0 Å². The number of ether oxygens (including phenoxy) is 3. The number of aromatic nitrogens is 1. The fourth-order valence-electron chi connectivity index (χ4n) is 6.63. The summed E-state index contributed by atoms with van der Waals surface area (Å²) < 4.78 is 16.8. The molecule has 1 aromatic heterocycles. The third kappa shape index (κ3) is 11.7. The van der Waals surface area contributed by atoms with Crippen molar-refractivity contribution in [1.82, 2.24) is 15.2 Å². The van der Waals surface area contributed by atoms with Crippen LogP contribution in [0.1, 0.15) is 75.1 Å². The molecule has 61 heavy (non-hydrogen) atoms. The average molecular weight is 847 g/mol. The van der Waals surface area contributed by atoms with E-state index in [4.69, 9.17) is 19.0 Å². The van der Waals surface area contributed by atoms with Crippen molar-refractivity contribution in [3.8, 4) is 5.75 Å². The fourth-order valence-corrected chi connectivity index (χ4v) is 7.38. The van der Waals surface area contributed by atoms with E-state index in [1.807, 2.05) is 109 Å². The van der Waals surface area contributed by atoms with Gasteiger partial charge in [-0.05, 0) is 87.9 Å². The fraction of sp³-hybridized carbons (Fsp3) is 0.304. The second-order valence-corrected chi connectivity index (χ2v) is 16.9. The summed E-state index contributed by atoms with van der Waals surface area (Å²) in [4.78, 5) is 53.8. The number of hydrogen-bond acceptors (Lipinski definition) is 11. The highest BCUT2D eigenvalue weighted by Crippen LogP contribution is 2.40. The van der Waals surface area contributed by atoms with Crippen LogP contribution in [0, 0.1) is 0 Å². The second-order valence-electron chi connectivity index (χ2n) is 16.1. The Hall–Kier alpha value is -6.74. The Morgan fingerprint density at radius 2 is 1.38 bits per heavy atom. The Kier molecular flexibility index (Phi) is 13.7. The first kappa shape index (κ1) is 43.8. The number of carboxylic acid groups (broad SMARTS) is 1. The number of alkyl carbamates (subject to hydrolysis) is 1. The number of aliphatic carboxylic acids is 1. The number of aliphatic imine (C=N–C) groups is 1. The predicted molar refractivity (Wildman–Crippen MR) is 234 cm³/mol. The Labute approximate surface area is 359 Å². The number of carboxylic acids is 1. The lowest BCUT2D eigenvalue weighted by Gasteiger charge is -2.36. The number of nitrogens with zero attached hydrogens (tertiary/aromatic N) is 4. The number of hydrogen-bond donors (Lipinski definition) is 3. The number of fused-ring (bicyclic) bond motifs is 1. The summed E-state index contributed by atoms with van der Waals surface area (Å²) in [5, 5.41) is 22.5. The SMILES string of the molecule is CC(C)(C)OC(=O)N=C(NC(=O)OC(C)(C)C)N1CCc2ccc(OCCO/N=C(\C(=O)O)c3csc(NC(c4ccccc4)(c4ccccc4)c4ccccc4)n3)cc2C1. The van der Waals surface area contributed by atoms with Gasteiger partial charge in [0.1, 0.15) is 34.8 Å². The van der Waals surface area contributed by atoms with Gasteiger partial charge in [0.05, 0.1) is 0 Å². The van der Waals surface area contributed by atoms with Crippen LogP contribution in [0.4, 0.5) is 14.7 Å². The van der Waals surface area contributed by atoms with Gasteiger partial charge in [0.2, 0.25) is 11.7 Å². The van der Waals surface area contributed by atoms with Crippen LogP contribution < -0.4 is 15.4 Å². The number of benzene rings is 4. The van der Waals surface area contributed by atoms with Crippen LogP contribution in [0.15, 0.2) is 125 Å². The van der Waals surface area contributed by atoms with Crippen LogP contribution in [-0.4, -0.2) is 75.8 Å². The van der Waals surface area contributed by atoms with Gasteiger partial charge in [-0.15, -0.1) is 16.3 Å². The molecule has 15 heteroatoms. The number of rotatable bonds is 12. The maximum absolute atomic E-state index is 12.7. The number of nitrogens with one attached hydrogen (secondary N) is 2. The highest BCUT2D eigenvalue weighted by Gasteiger charge is 2.37. The molecule has 6 rings (SSSR count). The van der Waals surface area contributed by atoms with E-state index in [1.165, 1.54) is 11.3 Å². The predicted octanol–water partition coefficient (Wildman–Crippen LogP) is 8.61. The Morgan fingerprint density at radius 3 is 1.93 bits per heavy atom. The first-order chi connectivity index (χ1) is 29.1. The second kappa shape index (κ2) is 19.1. The smallest absolute Gasteiger partial charge is 0.437 e. The van der Waals surface area contributed by atoms with E-state index in [0.717, 1.165) is 27.8 Å². The van der Waals surface area contributed by atoms with Gasteiger partial charge in [0.25, 0.3) is 0 Å². The van der Waals surface area contributed by atoms with Gasteiger partial charge in [0, 0.05) is 18.5 Å². The molecule has 0 saturated carbocycles. The van der Waals surface area contributed by atoms with Crippen molar-refractivity contribution in [1.29, 1.82) is 0 Å². The molecule has 0 atom stereocenters. The van der Waals surface area contributed by atoms with Gasteiger partial charge in [0.15, 0.2) is 11.7 Å². The quantitative estimate of drug-likeness (QED) is 0.0361. The largest absolute Gasteiger partial charge is 0.490 e. The van der Waals surface area contributed by atoms with Crippen molar-refractivity contribution in [3.63, 3.8) is 0 Å². The Balaban J connectivity index is 1.13. The maximum Gasteiger partial charge on any atom is 0.437 e. The average Bonchev–Trinajstić information content (AvgIpc) is 3.68. The summed E-state index contributed by atoms with van der Waals surface area (Å²) >= 11 is 1.26. The first-order valence-electron chi connectivity index (χ1n) is 19.7. The molecule has 2 heterocycles. The van der Waals surface area contributed by atoms with Gasteiger partial charge in [-0.25, -0.2) is 19.4 Å². The minimum Gasteiger partial charge on any atom is -0.490 e. The molecule has 14 nitrogen and oxygen atoms in total. The lowest BCUT2D eigenvalue weighted by atomic mass is 9.77. The summed E-state index contributed by atoms with van der Waals surface area (Å²) in [6.45, 7) is 11.2. The molecule has 0 unspecified atom stereocenters. The lowest BCUT2D eigenvalue weighted by molar-refractivity contribution is -0.129. The van der Waals surface area contributed by atoms with Gasteiger partial charge in [-0.3, -0.25) is 5.32 Å². The number of guanidine groups is 1. The maximum atomic E-state index is 12.7. The molecular weight excluding hydrogens is 797 g/mol. The Morgan fingerprint density at radius 1 is 0.787 bits per heavy atom. The molecular formula is C46H50N6O8S. The summed E-state index contributed by atoms with van der Waals surface area (Å²) in [6, 6.07) is 35.7. The van der Waals surface area contributed by atoms with Crippen molar-refractivity contribution in [2.75, 3.05) is 25.1 Å². The zero-order valence-corrected chi connectivity index (χ0v) is 35.8. The first-order valence-corrected chi connectivity index (χ1v) is 20.6. The summed E-state index contributed by atoms with van der Waals surface area (Å²) in [5.74, 6) is -0.758. The minimum atomic E-state index is -1.30. The van der Waals surface area contributed by atoms with Gasteiger partial charge in [-0.2, -0.15) is 0 Å². The van der Waals surface area contributed by atoms with E-state index in [0.29, 0.717) is 30.4 Å². The van der Waals surface area contributed by atoms with E-state index >= 15 is 0 Å². The molecule has 0 saturated heterocycles. The molecule has 0 spiro atoms. The van der Waals surface area contributed by atoms with Crippen molar-refractivity contribution >= 4 is 46.3 Å². The molecule has 1 aliphatic rings. The monoisotopic (exact) mass is 846 g/mol. The number of thiazole rings is 1. The molecule has 1 aliphatic heterocycles. The number of carbonyl (C=O) groups is 3. The zero-order valence-electron chi connectivity index (χ0n) is 35.0. The van der Waals surface area contributed by atoms with Crippen molar-refractivity contribution in [2.24, 2.45) is 10.1 Å². The van der Waals surface area contributed by atoms with Gasteiger partial charge < -0.3 is 34.4 Å². The highest BCUT2D eigenvalue weighted by atomic mass is 32.1. The van der Waals surface area contributed by atoms with E-state index in [2.05, 4.69) is 25.8 Å². The van der Waals surface area contributed by atoms with Crippen molar-refractivity contribution < 1.29 is 38.5 Å². The summed E-state index contributed by atoms with van der Waals surface area (Å²) in [7, 11) is 0. The van der Waals surface area contributed by atoms with Crippen LogP contribution >= 0.6 is 11.3 Å². The standard InChI is InChI=1S/C46H50N6O8S/c1-44(2,3)59-42(55)48-40(49-43(56)60-45(4,5)6)52-25-24-31-22-23-36(28-32(31)29-52)57-26-27-58-51-38(39(53)54)37-30-61-41(47-37)50-46(33-16-10-7-11-17-33,34-18-12-8-13-19-34)35-20-14-9-15-21-35/h7-23,28,30H,24-27,29H2,1-6H3,(H,47,50)(H,53,54)(H,48,49,55,56)/b51-38-. The third-order valence-electron chi connectivity index (χ3n) is 9.16. The third-order valence-corrected chi connectivity index (χ3v) is 9.91. The van der Waals surface area contributed by atoms with Crippen LogP contribution in [0.2, 0.25) is 0 Å². The summed E-state index contributed by atoms with van der Waals surface area (Å²) in [5.41, 5.74) is 2.26. The van der Waals surface area contributed by atoms with Crippen molar-refractivity contribution in [3.05, 3.63) is 148 Å². The number of carbonyl (C=O) groups excluding carboxylic acids is 2. The Bertz CT molecular complexity index is 2260. The number of amides is 2. The lowest BCUT2D eigenvalue weighted by Crippen LogP contribution is -2.48. The van der Waals surface area contributed by atoms with Crippen LogP contribution in [0.25, 0.3) is 0 Å². The van der Waals surface area contributed by atoms with E-state index in [1.54, 1.807) is 51.8 Å². The van der Waals surface area contributed by atoms with E-state index in [9.17, 15) is 19.5 Å². The summed E-state index contributed by atoms with van der Waals surface area (Å²) in [6.07, 6.45) is -0.998. The highest BCUT2D eigenvalue weighted by molar-refractivity contribution is 7.14. The molecule has 2 amide bonds. The minimum absolute atomic E-state index is 0.00638. The van der Waals surface area contributed by atoms with Crippen LogP contribution in [-0.2, 0) is 37.6 Å². The van der Waals surface area contributed by atoms with Gasteiger partial charge in [-0.1, -0.05) is 102 Å². The molecule has 0 fully saturated rings. The zero-order chi connectivity index (χ0) is 43.6.